The molecule has 1 aromatic carbocycles. The van der Waals surface area contributed by atoms with Crippen molar-refractivity contribution in [2.45, 2.75) is 38.1 Å². The zero-order chi connectivity index (χ0) is 25.1. The summed E-state index contributed by atoms with van der Waals surface area (Å²) in [5.74, 6) is -5.15. The van der Waals surface area contributed by atoms with Crippen molar-refractivity contribution in [3.8, 4) is 0 Å². The Labute approximate surface area is 192 Å². The van der Waals surface area contributed by atoms with Crippen LogP contribution in [-0.4, -0.2) is 63.8 Å². The molecule has 0 saturated carbocycles. The number of carbonyl (C=O) groups is 1. The van der Waals surface area contributed by atoms with Crippen molar-refractivity contribution in [3.63, 3.8) is 0 Å². The van der Waals surface area contributed by atoms with E-state index in [0.29, 0.717) is 12.1 Å². The number of benzene rings is 1. The number of halogens is 6. The van der Waals surface area contributed by atoms with E-state index in [2.05, 4.69) is 10.2 Å². The molecule has 1 aliphatic rings. The molecule has 3 rings (SSSR count). The molecule has 0 fully saturated rings. The van der Waals surface area contributed by atoms with Crippen LogP contribution in [0.25, 0.3) is 0 Å². The van der Waals surface area contributed by atoms with E-state index >= 15 is 0 Å². The highest BCUT2D eigenvalue weighted by atomic mass is 31.2. The average molecular weight is 541 g/mol. The van der Waals surface area contributed by atoms with Gasteiger partial charge in [-0.05, 0) is 18.1 Å². The molecule has 200 valence electrons. The Morgan fingerprint density at radius 3 is 2.14 bits per heavy atom. The molecule has 0 aliphatic carbocycles. The number of aromatic nitrogens is 3. The average Bonchev–Trinajstić information content (AvgIpc) is 3.08. The van der Waals surface area contributed by atoms with Crippen molar-refractivity contribution in [3.05, 3.63) is 46.8 Å². The summed E-state index contributed by atoms with van der Waals surface area (Å²) >= 11 is 0. The first-order chi connectivity index (χ1) is 15.1. The molecule has 35 heavy (non-hydrogen) atoms. The van der Waals surface area contributed by atoms with Gasteiger partial charge in [-0.2, -0.15) is 13.2 Å². The minimum atomic E-state index is -4.64. The van der Waals surface area contributed by atoms with Crippen LogP contribution in [0.2, 0.25) is 0 Å². The quantitative estimate of drug-likeness (QED) is 0.223. The van der Waals surface area contributed by atoms with Gasteiger partial charge in [-0.25, -0.2) is 17.7 Å². The van der Waals surface area contributed by atoms with Gasteiger partial charge in [0.15, 0.2) is 17.5 Å². The van der Waals surface area contributed by atoms with Crippen molar-refractivity contribution in [2.24, 2.45) is 5.73 Å². The molecule has 0 bridgehead atoms. The van der Waals surface area contributed by atoms with E-state index in [-0.39, 0.29) is 54.8 Å². The standard InChI is InChI=1S/C16H15F6N5O.H3O4P.2H2O/c17-10-6-12(19)11(18)4-8(10)3-9(23)5-14(28)26-1-2-27-13(7-26)24-25-15(27)16(20,21)22;1-5(2,3)4;;/h4,6,9H,1-3,5,7,23H2;(H3,1,2,3,4);2*1H2. The third-order valence-electron chi connectivity index (χ3n) is 4.37. The SMILES string of the molecule is NC(CC(=O)N1CCn2c(nnc2C(F)(F)F)C1)Cc1cc(F)c(F)cc1F.O.O.O=P(O)(O)O. The third-order valence-corrected chi connectivity index (χ3v) is 4.37. The zero-order valence-corrected chi connectivity index (χ0v) is 18.4. The van der Waals surface area contributed by atoms with Gasteiger partial charge in [-0.15, -0.1) is 10.2 Å². The van der Waals surface area contributed by atoms with Crippen molar-refractivity contribution in [1.29, 1.82) is 0 Å². The van der Waals surface area contributed by atoms with Crippen molar-refractivity contribution in [1.82, 2.24) is 19.7 Å². The molecule has 0 saturated heterocycles. The lowest BCUT2D eigenvalue weighted by Crippen LogP contribution is -2.42. The second-order valence-corrected chi connectivity index (χ2v) is 7.97. The van der Waals surface area contributed by atoms with E-state index in [4.69, 9.17) is 25.0 Å². The molecule has 0 radical (unpaired) electrons. The Hall–Kier alpha value is -2.60. The summed E-state index contributed by atoms with van der Waals surface area (Å²) < 4.78 is 88.1. The summed E-state index contributed by atoms with van der Waals surface area (Å²) in [5, 5.41) is 6.60. The van der Waals surface area contributed by atoms with E-state index < -0.39 is 49.2 Å². The van der Waals surface area contributed by atoms with E-state index in [1.165, 1.54) is 4.90 Å². The van der Waals surface area contributed by atoms with E-state index in [9.17, 15) is 31.1 Å². The fourth-order valence-corrected chi connectivity index (χ4v) is 3.01. The lowest BCUT2D eigenvalue weighted by atomic mass is 10.0. The molecule has 1 aliphatic heterocycles. The van der Waals surface area contributed by atoms with Crippen LogP contribution in [0.3, 0.4) is 0 Å². The Morgan fingerprint density at radius 1 is 1.06 bits per heavy atom. The predicted octanol–water partition coefficient (Wildman–Crippen LogP) is -0.562. The van der Waals surface area contributed by atoms with Gasteiger partial charge in [0.25, 0.3) is 0 Å². The molecule has 2 heterocycles. The van der Waals surface area contributed by atoms with Crippen LogP contribution in [-0.2, 0) is 35.0 Å². The number of carbonyl (C=O) groups excluding carboxylic acids is 1. The molecule has 1 aromatic heterocycles. The maximum Gasteiger partial charge on any atom is 0.466 e. The number of hydrogen-bond donors (Lipinski definition) is 4. The fourth-order valence-electron chi connectivity index (χ4n) is 3.01. The molecule has 1 atom stereocenters. The molecule has 0 spiro atoms. The van der Waals surface area contributed by atoms with Crippen LogP contribution in [0.15, 0.2) is 12.1 Å². The van der Waals surface area contributed by atoms with Crippen molar-refractivity contribution < 1.29 is 61.3 Å². The lowest BCUT2D eigenvalue weighted by molar-refractivity contribution is -0.148. The van der Waals surface area contributed by atoms with E-state index in [1.54, 1.807) is 0 Å². The number of phosphoric acid groups is 1. The van der Waals surface area contributed by atoms with Gasteiger partial charge in [-0.3, -0.25) is 4.79 Å². The molecule has 1 unspecified atom stereocenters. The van der Waals surface area contributed by atoms with Crippen molar-refractivity contribution >= 4 is 13.7 Å². The highest BCUT2D eigenvalue weighted by Gasteiger charge is 2.40. The first-order valence-electron chi connectivity index (χ1n) is 9.00. The topological polar surface area (TPSA) is 218 Å². The number of fused-ring (bicyclic) bond motifs is 1. The summed E-state index contributed by atoms with van der Waals surface area (Å²) in [4.78, 5) is 35.2. The largest absolute Gasteiger partial charge is 0.466 e. The fraction of sp³-hybridized carbons (Fsp3) is 0.438. The lowest BCUT2D eigenvalue weighted by Gasteiger charge is -2.29. The third kappa shape index (κ3) is 9.52. The summed E-state index contributed by atoms with van der Waals surface area (Å²) in [6.07, 6.45) is -5.11. The smallest absolute Gasteiger partial charge is 0.412 e. The van der Waals surface area contributed by atoms with Crippen molar-refractivity contribution in [2.75, 3.05) is 6.54 Å². The molecule has 9 N–H and O–H groups in total. The van der Waals surface area contributed by atoms with Crippen LogP contribution in [0.5, 0.6) is 0 Å². The van der Waals surface area contributed by atoms with Gasteiger partial charge in [-0.1, -0.05) is 0 Å². The first kappa shape index (κ1) is 32.4. The van der Waals surface area contributed by atoms with Gasteiger partial charge in [0.05, 0.1) is 6.54 Å². The number of nitrogens with zero attached hydrogens (tertiary/aromatic N) is 4. The van der Waals surface area contributed by atoms with Gasteiger partial charge in [0.1, 0.15) is 5.82 Å². The Kier molecular flexibility index (Phi) is 11.5. The second-order valence-electron chi connectivity index (χ2n) is 6.94. The zero-order valence-electron chi connectivity index (χ0n) is 17.5. The predicted molar refractivity (Wildman–Crippen MR) is 105 cm³/mol. The number of alkyl halides is 3. The van der Waals surface area contributed by atoms with Gasteiger partial charge in [0, 0.05) is 31.6 Å². The summed E-state index contributed by atoms with van der Waals surface area (Å²) in [7, 11) is -4.64. The maximum absolute atomic E-state index is 13.7. The minimum absolute atomic E-state index is 0. The van der Waals surface area contributed by atoms with Gasteiger partial charge < -0.3 is 40.8 Å². The molecule has 19 heteroatoms. The Balaban J connectivity index is 0.00000150. The Bertz CT molecular complexity index is 1060. The Morgan fingerprint density at radius 2 is 1.60 bits per heavy atom. The molecule has 1 amide bonds. The summed E-state index contributed by atoms with van der Waals surface area (Å²) in [5.41, 5.74) is 5.64. The van der Waals surface area contributed by atoms with Crippen LogP contribution >= 0.6 is 7.82 Å². The maximum atomic E-state index is 13.7. The highest BCUT2D eigenvalue weighted by Crippen LogP contribution is 2.29. The second kappa shape index (κ2) is 12.4. The van der Waals surface area contributed by atoms with Crippen LogP contribution in [0.1, 0.15) is 23.6 Å². The highest BCUT2D eigenvalue weighted by molar-refractivity contribution is 7.45. The monoisotopic (exact) mass is 541 g/mol. The van der Waals surface area contributed by atoms with E-state index in [1.807, 2.05) is 0 Å². The molecular formula is C16H22F6N5O7P. The molecule has 12 nitrogen and oxygen atoms in total. The summed E-state index contributed by atoms with van der Waals surface area (Å²) in [6.45, 7) is -0.302. The van der Waals surface area contributed by atoms with Crippen LogP contribution in [0.4, 0.5) is 26.3 Å². The van der Waals surface area contributed by atoms with Crippen LogP contribution in [0, 0.1) is 17.5 Å². The number of hydrogen-bond acceptors (Lipinski definition) is 5. The minimum Gasteiger partial charge on any atom is -0.412 e. The molecular weight excluding hydrogens is 519 g/mol. The van der Waals surface area contributed by atoms with Gasteiger partial charge in [0.2, 0.25) is 11.7 Å². The van der Waals surface area contributed by atoms with Gasteiger partial charge >= 0.3 is 14.0 Å². The number of rotatable bonds is 4. The van der Waals surface area contributed by atoms with E-state index in [0.717, 1.165) is 4.57 Å². The number of nitrogens with two attached hydrogens (primary N) is 1. The van der Waals surface area contributed by atoms with Crippen LogP contribution < -0.4 is 5.73 Å². The molecule has 2 aromatic rings. The summed E-state index contributed by atoms with van der Waals surface area (Å²) in [6, 6.07) is 0.184. The number of amides is 1. The normalized spacial score (nSPS) is 14.1. The first-order valence-corrected chi connectivity index (χ1v) is 10.6.